The van der Waals surface area contributed by atoms with Gasteiger partial charge < -0.3 is 9.47 Å². The molecule has 0 unspecified atom stereocenters. The first-order valence-corrected chi connectivity index (χ1v) is 51.1. The molecule has 0 radical (unpaired) electrons. The maximum absolute atomic E-state index is 2.53. The molecule has 686 valence electrons. The summed E-state index contributed by atoms with van der Waals surface area (Å²) in [5.41, 5.74) is 57.6. The lowest BCUT2D eigenvalue weighted by molar-refractivity contribution is 0.659. The largest absolute Gasteiger partial charge is 0.310 e. The third kappa shape index (κ3) is 13.4. The van der Waals surface area contributed by atoms with Crippen molar-refractivity contribution in [1.29, 1.82) is 0 Å². The maximum Gasteiger partial charge on any atom is 0.0547 e. The van der Waals surface area contributed by atoms with Crippen LogP contribution in [0.2, 0.25) is 0 Å². The fourth-order valence-electron chi connectivity index (χ4n) is 26.0. The van der Waals surface area contributed by atoms with Crippen molar-refractivity contribution in [3.63, 3.8) is 0 Å². The summed E-state index contributed by atoms with van der Waals surface area (Å²) < 4.78 is 2.53. The summed E-state index contributed by atoms with van der Waals surface area (Å²) in [4.78, 5) is 2.50. The molecule has 0 amide bonds. The molecular weight excluding hydrogens is 1730 g/mol. The van der Waals surface area contributed by atoms with Gasteiger partial charge >= 0.3 is 0 Å². The number of nitrogens with zero attached hydrogens (tertiary/aromatic N) is 2. The van der Waals surface area contributed by atoms with E-state index in [0.29, 0.717) is 0 Å². The van der Waals surface area contributed by atoms with Gasteiger partial charge in [0.05, 0.1) is 22.4 Å². The smallest absolute Gasteiger partial charge is 0.0547 e. The van der Waals surface area contributed by atoms with Gasteiger partial charge in [0.15, 0.2) is 0 Å². The molecule has 0 saturated heterocycles. The van der Waals surface area contributed by atoms with Gasteiger partial charge in [0.1, 0.15) is 0 Å². The van der Waals surface area contributed by atoms with Crippen LogP contribution in [0.15, 0.2) is 437 Å². The van der Waals surface area contributed by atoms with Crippen LogP contribution in [0.4, 0.5) is 17.1 Å². The molecule has 22 aromatic carbocycles. The number of aromatic nitrogens is 1. The number of hydrogen-bond donors (Lipinski definition) is 0. The minimum absolute atomic E-state index is 0.0573. The van der Waals surface area contributed by atoms with E-state index in [-0.39, 0.29) is 21.7 Å². The SMILES string of the molecule is Cc1cc(-c2ccc3c(c2)C(C)(C)c2cc(-c4ccc5c(c4)C(C)(C)c4ccccc4-5)ccc2-3)cc(C)c1-c1ccc(-c2ccc(N(c3ccc(-c4ccc(-c5c(C)cc(-c6ccc7c(c6)C(C)(C)c6cc(-c8ccc9c(c8)C(C)(C)c8ccccc8-9)ccc6-7)cc5C)cc4)cc3)c3cc4c5ccccc5c(-n5c6ccc(-c7ccccc7)cc6c6cc(-c7ccccc7)ccc65)cc4c4ccccc34)cc2)cc1. The van der Waals surface area contributed by atoms with Gasteiger partial charge in [-0.25, -0.2) is 0 Å². The lowest BCUT2D eigenvalue weighted by Crippen LogP contribution is -2.15. The second kappa shape index (κ2) is 32.4. The zero-order valence-electron chi connectivity index (χ0n) is 83.5. The van der Waals surface area contributed by atoms with Crippen LogP contribution >= 0.6 is 0 Å². The van der Waals surface area contributed by atoms with Crippen LogP contribution in [0.25, 0.3) is 216 Å². The molecule has 0 aliphatic heterocycles. The van der Waals surface area contributed by atoms with Crippen molar-refractivity contribution in [2.75, 3.05) is 4.90 Å². The number of fused-ring (bicyclic) bond motifs is 20. The molecule has 27 rings (SSSR count). The standard InChI is InChI=1S/C142H108N2/c1-85-71-105(103-55-67-117-115-65-53-101(79-129(115)141(9,10)131(117)81-103)99-51-63-113-111-33-23-25-37-125(111)139(5,6)127(113)77-99)72-86(2)137(85)95-43-39-91(40-44-95)93-47-59-107(60-48-93)143(135-83-121-110-32-20-22-36-120(110)136(84-122(121)109-31-19-21-35-119(109)135)144-133-69-57-97(89-27-15-13-16-28-89)75-123(133)124-76-98(58-70-134(124)144)90-29-17-14-18-30-90)108-61-49-94(50-62-108)92-41-45-96(46-42-92)138-87(3)73-106(74-88(138)4)104-56-68-118-116-66-54-102(80-130(116)142(11,12)132(118)82-104)100-52-64-114-112-34-24-26-38-126(112)140(7,8)128(114)78-100/h13-84H,1-12H3. The van der Waals surface area contributed by atoms with Crippen molar-refractivity contribution in [1.82, 2.24) is 4.57 Å². The van der Waals surface area contributed by atoms with Crippen LogP contribution in [0, 0.1) is 27.7 Å². The van der Waals surface area contributed by atoms with Gasteiger partial charge in [0.2, 0.25) is 0 Å². The number of benzene rings is 22. The lowest BCUT2D eigenvalue weighted by Gasteiger charge is -2.28. The Morgan fingerprint density at radius 3 is 0.778 bits per heavy atom. The van der Waals surface area contributed by atoms with Crippen molar-refractivity contribution < 1.29 is 0 Å². The van der Waals surface area contributed by atoms with E-state index in [1.165, 1.54) is 238 Å². The Morgan fingerprint density at radius 2 is 0.417 bits per heavy atom. The van der Waals surface area contributed by atoms with Crippen LogP contribution in [0.1, 0.15) is 122 Å². The minimum atomic E-state index is -0.186. The molecule has 2 heteroatoms. The van der Waals surface area contributed by atoms with E-state index in [1.807, 2.05) is 0 Å². The monoisotopic (exact) mass is 1840 g/mol. The summed E-state index contributed by atoms with van der Waals surface area (Å²) in [5.74, 6) is 0. The molecule has 4 aliphatic rings. The average molecular weight is 1840 g/mol. The first-order chi connectivity index (χ1) is 70.0. The molecule has 2 nitrogen and oxygen atoms in total. The van der Waals surface area contributed by atoms with Crippen LogP contribution in [0.5, 0.6) is 0 Å². The predicted octanol–water partition coefficient (Wildman–Crippen LogP) is 38.8. The van der Waals surface area contributed by atoms with E-state index in [4.69, 9.17) is 0 Å². The second-order valence-electron chi connectivity index (χ2n) is 43.2. The van der Waals surface area contributed by atoms with Gasteiger partial charge in [-0.3, -0.25) is 0 Å². The number of rotatable bonds is 14. The van der Waals surface area contributed by atoms with E-state index < -0.39 is 0 Å². The predicted molar refractivity (Wildman–Crippen MR) is 612 cm³/mol. The summed E-state index contributed by atoms with van der Waals surface area (Å²) in [7, 11) is 0. The molecular formula is C142H108N2. The maximum atomic E-state index is 2.53. The lowest BCUT2D eigenvalue weighted by atomic mass is 9.80. The van der Waals surface area contributed by atoms with Crippen LogP contribution in [0.3, 0.4) is 0 Å². The Balaban J connectivity index is 0.509. The third-order valence-corrected chi connectivity index (χ3v) is 33.5. The molecule has 23 aromatic rings. The highest BCUT2D eigenvalue weighted by atomic mass is 15.1. The summed E-state index contributed by atoms with van der Waals surface area (Å²) in [6.07, 6.45) is 0. The quantitative estimate of drug-likeness (QED) is 0.0985. The molecule has 0 bridgehead atoms. The Hall–Kier alpha value is -16.8. The average Bonchev–Trinajstić information content (AvgIpc) is 1.34. The normalized spacial score (nSPS) is 13.9. The highest BCUT2D eigenvalue weighted by molar-refractivity contribution is 6.24. The van der Waals surface area contributed by atoms with Gasteiger partial charge in [-0.2, -0.15) is 0 Å². The molecule has 0 N–H and O–H groups in total. The Kier molecular flexibility index (Phi) is 19.4. The van der Waals surface area contributed by atoms with E-state index in [1.54, 1.807) is 0 Å². The molecule has 1 aromatic heterocycles. The molecule has 0 fully saturated rings. The zero-order valence-corrected chi connectivity index (χ0v) is 83.5. The van der Waals surface area contributed by atoms with Gasteiger partial charge in [0.25, 0.3) is 0 Å². The molecule has 4 aliphatic carbocycles. The van der Waals surface area contributed by atoms with Crippen molar-refractivity contribution in [3.8, 4) is 161 Å². The number of aryl methyl sites for hydroxylation is 4. The van der Waals surface area contributed by atoms with Gasteiger partial charge in [-0.1, -0.05) is 395 Å². The Morgan fingerprint density at radius 1 is 0.167 bits per heavy atom. The van der Waals surface area contributed by atoms with Crippen molar-refractivity contribution in [3.05, 3.63) is 504 Å². The number of anilines is 3. The molecule has 1 heterocycles. The van der Waals surface area contributed by atoms with Gasteiger partial charge in [-0.05, 0) is 369 Å². The van der Waals surface area contributed by atoms with Gasteiger partial charge in [0, 0.05) is 54.6 Å². The highest BCUT2D eigenvalue weighted by Crippen LogP contribution is 2.58. The van der Waals surface area contributed by atoms with Crippen LogP contribution in [-0.2, 0) is 21.7 Å². The first-order valence-electron chi connectivity index (χ1n) is 51.1. The molecule has 0 atom stereocenters. The summed E-state index contributed by atoms with van der Waals surface area (Å²) in [6.45, 7) is 28.3. The van der Waals surface area contributed by atoms with E-state index >= 15 is 0 Å². The van der Waals surface area contributed by atoms with Crippen LogP contribution in [-0.4, -0.2) is 4.57 Å². The molecule has 0 saturated carbocycles. The molecule has 144 heavy (non-hydrogen) atoms. The van der Waals surface area contributed by atoms with Crippen LogP contribution < -0.4 is 4.90 Å². The zero-order chi connectivity index (χ0) is 97.2. The molecule has 0 spiro atoms. The van der Waals surface area contributed by atoms with Crippen molar-refractivity contribution in [2.45, 2.75) is 105 Å². The topological polar surface area (TPSA) is 8.17 Å². The van der Waals surface area contributed by atoms with Crippen molar-refractivity contribution in [2.24, 2.45) is 0 Å². The third-order valence-electron chi connectivity index (χ3n) is 33.5. The Labute approximate surface area is 844 Å². The second-order valence-corrected chi connectivity index (χ2v) is 43.2. The minimum Gasteiger partial charge on any atom is -0.310 e. The summed E-state index contributed by atoms with van der Waals surface area (Å²) >= 11 is 0. The van der Waals surface area contributed by atoms with Gasteiger partial charge in [-0.15, -0.1) is 0 Å². The highest BCUT2D eigenvalue weighted by Gasteiger charge is 2.41. The van der Waals surface area contributed by atoms with Crippen molar-refractivity contribution >= 4 is 71.2 Å². The summed E-state index contributed by atoms with van der Waals surface area (Å²) in [5, 5.41) is 9.52. The summed E-state index contributed by atoms with van der Waals surface area (Å²) in [6, 6.07) is 167. The fourth-order valence-corrected chi connectivity index (χ4v) is 26.0. The Bertz CT molecular complexity index is 8850. The number of hydrogen-bond acceptors (Lipinski definition) is 1. The van der Waals surface area contributed by atoms with E-state index in [0.717, 1.165) is 61.4 Å². The van der Waals surface area contributed by atoms with E-state index in [9.17, 15) is 0 Å². The fraction of sp³-hybridized carbons (Fsp3) is 0.113. The first kappa shape index (κ1) is 86.3. The van der Waals surface area contributed by atoms with E-state index in [2.05, 4.69) is 529 Å².